The highest BCUT2D eigenvalue weighted by Crippen LogP contribution is 2.71. The molecule has 1 aromatic rings. The summed E-state index contributed by atoms with van der Waals surface area (Å²) >= 11 is 0. The Labute approximate surface area is 166 Å². The van der Waals surface area contributed by atoms with E-state index in [0.717, 1.165) is 18.4 Å². The highest BCUT2D eigenvalue weighted by Gasteiger charge is 2.70. The van der Waals surface area contributed by atoms with Gasteiger partial charge in [-0.2, -0.15) is 0 Å². The zero-order chi connectivity index (χ0) is 20.5. The molecule has 3 rings (SSSR count). The minimum atomic E-state index is -0.186. The molecule has 0 radical (unpaired) electrons. The van der Waals surface area contributed by atoms with Crippen LogP contribution in [0.2, 0.25) is 0 Å². The van der Waals surface area contributed by atoms with Crippen LogP contribution in [-0.4, -0.2) is 5.78 Å². The lowest BCUT2D eigenvalue weighted by Gasteiger charge is -2.42. The molecule has 2 bridgehead atoms. The second-order valence-electron chi connectivity index (χ2n) is 10.2. The van der Waals surface area contributed by atoms with Crippen LogP contribution in [0.1, 0.15) is 80.8 Å². The van der Waals surface area contributed by atoms with Gasteiger partial charge in [0.1, 0.15) is 0 Å². The van der Waals surface area contributed by atoms with E-state index in [1.54, 1.807) is 0 Å². The minimum Gasteiger partial charge on any atom is -0.294 e. The van der Waals surface area contributed by atoms with Crippen molar-refractivity contribution in [2.45, 2.75) is 82.1 Å². The van der Waals surface area contributed by atoms with E-state index in [2.05, 4.69) is 75.3 Å². The first kappa shape index (κ1) is 20.4. The Balaban J connectivity index is 2.22. The number of allylic oxidation sites excluding steroid dienone is 1. The zero-order valence-corrected chi connectivity index (χ0v) is 19.1. The molecule has 0 saturated heterocycles. The number of hydrogen-bond donors (Lipinski definition) is 0. The average molecular weight is 367 g/mol. The average Bonchev–Trinajstić information content (AvgIpc) is 2.94. The molecule has 0 N–H and O–H groups in total. The summed E-state index contributed by atoms with van der Waals surface area (Å²) in [5.41, 5.74) is 9.05. The summed E-state index contributed by atoms with van der Waals surface area (Å²) in [5.74, 6) is 1.90. The molecule has 1 heteroatoms. The van der Waals surface area contributed by atoms with Gasteiger partial charge in [-0.1, -0.05) is 34.6 Å². The smallest absolute Gasteiger partial charge is 0.166 e. The fourth-order valence-electron chi connectivity index (χ4n) is 6.72. The third kappa shape index (κ3) is 2.39. The van der Waals surface area contributed by atoms with E-state index in [1.165, 1.54) is 33.4 Å². The molecule has 2 saturated carbocycles. The zero-order valence-electron chi connectivity index (χ0n) is 19.1. The maximum Gasteiger partial charge on any atom is 0.166 e. The number of rotatable bonds is 3. The molecular formula is C26H38O. The van der Waals surface area contributed by atoms with Crippen LogP contribution in [0.25, 0.3) is 6.08 Å². The van der Waals surface area contributed by atoms with Gasteiger partial charge >= 0.3 is 0 Å². The quantitative estimate of drug-likeness (QED) is 0.531. The molecule has 1 aromatic carbocycles. The summed E-state index contributed by atoms with van der Waals surface area (Å²) in [5, 5.41) is 0. The van der Waals surface area contributed by atoms with Gasteiger partial charge in [-0.3, -0.25) is 4.79 Å². The SMILES string of the molecule is CCC12C(=O)/C(=C\c3c(C)c(C)c(C)c(C)c3C)C(CC1C(C)C)C2(C)C. The van der Waals surface area contributed by atoms with Crippen LogP contribution in [0, 0.1) is 63.2 Å². The number of carbonyl (C=O) groups excluding carboxylic acids is 1. The van der Waals surface area contributed by atoms with Crippen molar-refractivity contribution < 1.29 is 4.79 Å². The first-order valence-corrected chi connectivity index (χ1v) is 10.8. The van der Waals surface area contributed by atoms with Crippen LogP contribution in [0.4, 0.5) is 0 Å². The Hall–Kier alpha value is -1.37. The molecule has 0 aromatic heterocycles. The molecule has 0 amide bonds. The maximum atomic E-state index is 13.8. The molecule has 3 atom stereocenters. The summed E-state index contributed by atoms with van der Waals surface area (Å²) in [4.78, 5) is 13.8. The Bertz CT molecular complexity index is 807. The van der Waals surface area contributed by atoms with Crippen molar-refractivity contribution in [2.24, 2.45) is 28.6 Å². The van der Waals surface area contributed by atoms with Crippen molar-refractivity contribution in [3.63, 3.8) is 0 Å². The Morgan fingerprint density at radius 1 is 0.963 bits per heavy atom. The van der Waals surface area contributed by atoms with Gasteiger partial charge in [-0.15, -0.1) is 0 Å². The molecular weight excluding hydrogens is 328 g/mol. The number of carbonyl (C=O) groups is 1. The molecule has 2 aliphatic carbocycles. The van der Waals surface area contributed by atoms with Crippen LogP contribution in [0.3, 0.4) is 0 Å². The van der Waals surface area contributed by atoms with E-state index < -0.39 is 0 Å². The molecule has 2 fully saturated rings. The lowest BCUT2D eigenvalue weighted by molar-refractivity contribution is -0.131. The van der Waals surface area contributed by atoms with E-state index in [-0.39, 0.29) is 10.8 Å². The summed E-state index contributed by atoms with van der Waals surface area (Å²) in [6.07, 6.45) is 4.41. The molecule has 0 spiro atoms. The maximum absolute atomic E-state index is 13.8. The standard InChI is InChI=1S/C26H38O/c1-11-26-22(14(2)3)13-23(25(26,9)10)21(24(26)27)12-20-18(7)16(5)15(4)17(6)19(20)8/h12,14,22-23H,11,13H2,1-10H3/b21-12-. The lowest BCUT2D eigenvalue weighted by atomic mass is 9.60. The van der Waals surface area contributed by atoms with E-state index >= 15 is 0 Å². The number of hydrogen-bond acceptors (Lipinski definition) is 1. The Morgan fingerprint density at radius 3 is 1.89 bits per heavy atom. The van der Waals surface area contributed by atoms with Crippen LogP contribution < -0.4 is 0 Å². The van der Waals surface area contributed by atoms with Gasteiger partial charge in [0, 0.05) is 11.0 Å². The Morgan fingerprint density at radius 2 is 1.44 bits per heavy atom. The van der Waals surface area contributed by atoms with Crippen molar-refractivity contribution in [3.05, 3.63) is 39.0 Å². The summed E-state index contributed by atoms with van der Waals surface area (Å²) in [7, 11) is 0. The minimum absolute atomic E-state index is 0.0518. The van der Waals surface area contributed by atoms with Gasteiger partial charge < -0.3 is 0 Å². The van der Waals surface area contributed by atoms with E-state index in [4.69, 9.17) is 0 Å². The van der Waals surface area contributed by atoms with Crippen molar-refractivity contribution in [2.75, 3.05) is 0 Å². The molecule has 0 aliphatic heterocycles. The summed E-state index contributed by atoms with van der Waals surface area (Å²) in [6, 6.07) is 0. The van der Waals surface area contributed by atoms with Gasteiger partial charge in [0.05, 0.1) is 0 Å². The fraction of sp³-hybridized carbons (Fsp3) is 0.654. The van der Waals surface area contributed by atoms with Crippen molar-refractivity contribution in [1.82, 2.24) is 0 Å². The third-order valence-corrected chi connectivity index (χ3v) is 8.91. The number of ketones is 1. The lowest BCUT2D eigenvalue weighted by Crippen LogP contribution is -2.43. The van der Waals surface area contributed by atoms with Crippen molar-refractivity contribution in [3.8, 4) is 0 Å². The number of benzene rings is 1. The molecule has 1 nitrogen and oxygen atoms in total. The highest BCUT2D eigenvalue weighted by atomic mass is 16.1. The van der Waals surface area contributed by atoms with Gasteiger partial charge in [-0.05, 0) is 110 Å². The molecule has 0 heterocycles. The summed E-state index contributed by atoms with van der Waals surface area (Å²) in [6.45, 7) is 22.6. The normalized spacial score (nSPS) is 30.8. The van der Waals surface area contributed by atoms with Crippen LogP contribution in [0.15, 0.2) is 5.57 Å². The number of fused-ring (bicyclic) bond motifs is 2. The fourth-order valence-corrected chi connectivity index (χ4v) is 6.72. The highest BCUT2D eigenvalue weighted by molar-refractivity contribution is 6.08. The predicted octanol–water partition coefficient (Wildman–Crippen LogP) is 6.91. The topological polar surface area (TPSA) is 17.1 Å². The second kappa shape index (κ2) is 6.33. The predicted molar refractivity (Wildman–Crippen MR) is 116 cm³/mol. The first-order valence-electron chi connectivity index (χ1n) is 10.8. The van der Waals surface area contributed by atoms with E-state index in [1.807, 2.05) is 0 Å². The van der Waals surface area contributed by atoms with Gasteiger partial charge in [0.2, 0.25) is 0 Å². The summed E-state index contributed by atoms with van der Waals surface area (Å²) < 4.78 is 0. The molecule has 148 valence electrons. The molecule has 27 heavy (non-hydrogen) atoms. The molecule has 3 unspecified atom stereocenters. The Kier molecular flexibility index (Phi) is 4.77. The van der Waals surface area contributed by atoms with E-state index in [9.17, 15) is 4.79 Å². The largest absolute Gasteiger partial charge is 0.294 e. The van der Waals surface area contributed by atoms with Crippen molar-refractivity contribution >= 4 is 11.9 Å². The second-order valence-corrected chi connectivity index (χ2v) is 10.2. The van der Waals surface area contributed by atoms with Crippen LogP contribution in [-0.2, 0) is 4.79 Å². The molecule has 2 aliphatic rings. The monoisotopic (exact) mass is 366 g/mol. The van der Waals surface area contributed by atoms with E-state index in [0.29, 0.717) is 23.5 Å². The van der Waals surface area contributed by atoms with Gasteiger partial charge in [-0.25, -0.2) is 0 Å². The number of Topliss-reactive ketones (excluding diaryl/α,β-unsaturated/α-hetero) is 1. The third-order valence-electron chi connectivity index (χ3n) is 8.91. The first-order chi connectivity index (χ1) is 12.4. The van der Waals surface area contributed by atoms with Gasteiger partial charge in [0.15, 0.2) is 5.78 Å². The van der Waals surface area contributed by atoms with Crippen molar-refractivity contribution in [1.29, 1.82) is 0 Å². The van der Waals surface area contributed by atoms with Crippen LogP contribution in [0.5, 0.6) is 0 Å². The van der Waals surface area contributed by atoms with Gasteiger partial charge in [0.25, 0.3) is 0 Å². The van der Waals surface area contributed by atoms with Crippen LogP contribution >= 0.6 is 0 Å².